The summed E-state index contributed by atoms with van der Waals surface area (Å²) in [5.41, 5.74) is 3.86. The Morgan fingerprint density at radius 2 is 1.61 bits per heavy atom. The lowest BCUT2D eigenvalue weighted by Crippen LogP contribution is -2.36. The molecule has 1 aliphatic heterocycles. The van der Waals surface area contributed by atoms with Gasteiger partial charge in [0.25, 0.3) is 0 Å². The van der Waals surface area contributed by atoms with Crippen LogP contribution in [0.15, 0.2) is 58.9 Å². The summed E-state index contributed by atoms with van der Waals surface area (Å²) >= 11 is 0. The molecule has 0 saturated heterocycles. The molecular weight excluding hydrogens is 526 g/mol. The maximum absolute atomic E-state index is 14.0. The first kappa shape index (κ1) is 29.7. The number of carbonyl (C=O) groups is 3. The summed E-state index contributed by atoms with van der Waals surface area (Å²) in [6, 6.07) is 10.8. The van der Waals surface area contributed by atoms with Crippen molar-refractivity contribution in [3.05, 3.63) is 70.1 Å². The van der Waals surface area contributed by atoms with Gasteiger partial charge in [0.1, 0.15) is 0 Å². The van der Waals surface area contributed by atoms with Gasteiger partial charge in [-0.1, -0.05) is 12.1 Å². The van der Waals surface area contributed by atoms with E-state index < -0.39 is 17.9 Å². The van der Waals surface area contributed by atoms with E-state index in [4.69, 9.17) is 23.7 Å². The highest BCUT2D eigenvalue weighted by Gasteiger charge is 2.42. The summed E-state index contributed by atoms with van der Waals surface area (Å²) in [7, 11) is 3.16. The molecule has 41 heavy (non-hydrogen) atoms. The Kier molecular flexibility index (Phi) is 9.05. The average Bonchev–Trinajstić information content (AvgIpc) is 2.92. The fourth-order valence-electron chi connectivity index (χ4n) is 5.47. The number of rotatable bonds is 9. The molecule has 1 aliphatic carbocycles. The lowest BCUT2D eigenvalue weighted by molar-refractivity contribution is -0.143. The van der Waals surface area contributed by atoms with Gasteiger partial charge >= 0.3 is 11.9 Å². The van der Waals surface area contributed by atoms with Crippen LogP contribution in [0.5, 0.6) is 23.0 Å². The number of nitrogens with one attached hydrogen (secondary N) is 1. The zero-order valence-corrected chi connectivity index (χ0v) is 24.6. The van der Waals surface area contributed by atoms with Gasteiger partial charge in [0, 0.05) is 36.2 Å². The topological polar surface area (TPSA) is 109 Å². The van der Waals surface area contributed by atoms with Crippen LogP contribution >= 0.6 is 0 Å². The lowest BCUT2D eigenvalue weighted by Gasteiger charge is -2.37. The van der Waals surface area contributed by atoms with Crippen molar-refractivity contribution >= 4 is 17.7 Å². The van der Waals surface area contributed by atoms with E-state index in [9.17, 15) is 14.4 Å². The summed E-state index contributed by atoms with van der Waals surface area (Å²) in [6.45, 7) is 8.85. The molecule has 2 aromatic carbocycles. The molecule has 0 spiro atoms. The molecule has 0 aromatic heterocycles. The quantitative estimate of drug-likeness (QED) is 0.319. The van der Waals surface area contributed by atoms with E-state index in [1.807, 2.05) is 32.0 Å². The molecule has 2 aromatic rings. The Bertz CT molecular complexity index is 1420. The number of carbonyl (C=O) groups excluding carboxylic acids is 3. The number of methoxy groups -OCH3 is 2. The van der Waals surface area contributed by atoms with Crippen LogP contribution in [0.25, 0.3) is 0 Å². The fourth-order valence-corrected chi connectivity index (χ4v) is 5.47. The van der Waals surface area contributed by atoms with Gasteiger partial charge in [0.05, 0.1) is 32.5 Å². The molecule has 0 bridgehead atoms. The fraction of sp³-hybridized carbons (Fsp3) is 0.406. The first-order valence-corrected chi connectivity index (χ1v) is 13.7. The Balaban J connectivity index is 1.82. The highest BCUT2D eigenvalue weighted by atomic mass is 16.6. The van der Waals surface area contributed by atoms with Crippen LogP contribution in [0.2, 0.25) is 0 Å². The van der Waals surface area contributed by atoms with Gasteiger partial charge in [0.2, 0.25) is 0 Å². The standard InChI is InChI=1S/C32H37NO8/c1-8-39-28-16-21(10-12-26(28)41-19(5)34)30-29(32(36)40-17(2)3)18(4)33-23-13-22(14-24(35)31(23)30)20-9-11-25(37-6)27(15-20)38-7/h9-12,15-17,22,30,33H,8,13-14H2,1-7H3/t22-,30-/m0/s1. The van der Waals surface area contributed by atoms with Gasteiger partial charge < -0.3 is 29.0 Å². The molecule has 9 heteroatoms. The first-order valence-electron chi connectivity index (χ1n) is 13.7. The number of ketones is 1. The van der Waals surface area contributed by atoms with E-state index in [1.54, 1.807) is 46.3 Å². The number of Topliss-reactive ketones (excluding diaryl/α,β-unsaturated/α-hetero) is 1. The van der Waals surface area contributed by atoms with Gasteiger partial charge in [-0.15, -0.1) is 0 Å². The molecule has 1 N–H and O–H groups in total. The van der Waals surface area contributed by atoms with Crippen LogP contribution < -0.4 is 24.3 Å². The van der Waals surface area contributed by atoms with Crippen molar-refractivity contribution < 1.29 is 38.1 Å². The second-order valence-corrected chi connectivity index (χ2v) is 10.3. The van der Waals surface area contributed by atoms with Crippen LogP contribution in [0.3, 0.4) is 0 Å². The van der Waals surface area contributed by atoms with Crippen LogP contribution in [-0.4, -0.2) is 44.7 Å². The van der Waals surface area contributed by atoms with E-state index in [-0.39, 0.29) is 30.0 Å². The molecule has 0 saturated carbocycles. The number of dihydropyridines is 1. The van der Waals surface area contributed by atoms with Crippen molar-refractivity contribution in [3.63, 3.8) is 0 Å². The van der Waals surface area contributed by atoms with E-state index in [1.165, 1.54) is 6.92 Å². The molecule has 0 amide bonds. The van der Waals surface area contributed by atoms with Crippen molar-refractivity contribution in [2.45, 2.75) is 65.4 Å². The normalized spacial score (nSPS) is 18.5. The minimum absolute atomic E-state index is 0.0760. The zero-order chi connectivity index (χ0) is 29.8. The number of esters is 2. The van der Waals surface area contributed by atoms with Crippen LogP contribution in [0.1, 0.15) is 70.4 Å². The van der Waals surface area contributed by atoms with Crippen molar-refractivity contribution in [2.24, 2.45) is 0 Å². The maximum atomic E-state index is 14.0. The van der Waals surface area contributed by atoms with Crippen molar-refractivity contribution in [3.8, 4) is 23.0 Å². The SMILES string of the molecule is CCOc1cc([C@H]2C(C(=O)OC(C)C)=C(C)NC3=C2C(=O)C[C@@H](c2ccc(OC)c(OC)c2)C3)ccc1OC(C)=O. The minimum Gasteiger partial charge on any atom is -0.493 e. The summed E-state index contributed by atoms with van der Waals surface area (Å²) < 4.78 is 27.6. The third kappa shape index (κ3) is 6.24. The van der Waals surface area contributed by atoms with E-state index in [2.05, 4.69) is 5.32 Å². The van der Waals surface area contributed by atoms with Gasteiger partial charge in [-0.2, -0.15) is 0 Å². The van der Waals surface area contributed by atoms with Crippen molar-refractivity contribution in [2.75, 3.05) is 20.8 Å². The molecule has 4 rings (SSSR count). The Morgan fingerprint density at radius 1 is 0.951 bits per heavy atom. The van der Waals surface area contributed by atoms with Crippen molar-refractivity contribution in [1.29, 1.82) is 0 Å². The second-order valence-electron chi connectivity index (χ2n) is 10.3. The van der Waals surface area contributed by atoms with Crippen LogP contribution in [0, 0.1) is 0 Å². The molecule has 1 heterocycles. The second kappa shape index (κ2) is 12.5. The van der Waals surface area contributed by atoms with Gasteiger partial charge in [-0.05, 0) is 75.4 Å². The minimum atomic E-state index is -0.693. The first-order chi connectivity index (χ1) is 19.6. The highest BCUT2D eigenvalue weighted by Crippen LogP contribution is 2.47. The van der Waals surface area contributed by atoms with E-state index in [0.717, 1.165) is 11.3 Å². The molecule has 0 unspecified atom stereocenters. The molecule has 2 atom stereocenters. The largest absolute Gasteiger partial charge is 0.493 e. The third-order valence-corrected chi connectivity index (χ3v) is 7.12. The Hall–Kier alpha value is -4.27. The number of benzene rings is 2. The number of allylic oxidation sites excluding steroid dienone is 3. The summed E-state index contributed by atoms with van der Waals surface area (Å²) in [6.07, 6.45) is 0.462. The Morgan fingerprint density at radius 3 is 2.24 bits per heavy atom. The van der Waals surface area contributed by atoms with Crippen molar-refractivity contribution in [1.82, 2.24) is 5.32 Å². The monoisotopic (exact) mass is 563 g/mol. The predicted octanol–water partition coefficient (Wildman–Crippen LogP) is 5.34. The highest BCUT2D eigenvalue weighted by molar-refractivity contribution is 6.04. The van der Waals surface area contributed by atoms with Gasteiger partial charge in [-0.3, -0.25) is 9.59 Å². The molecule has 0 radical (unpaired) electrons. The average molecular weight is 564 g/mol. The number of hydrogen-bond acceptors (Lipinski definition) is 9. The smallest absolute Gasteiger partial charge is 0.337 e. The summed E-state index contributed by atoms with van der Waals surface area (Å²) in [5, 5.41) is 3.36. The number of hydrogen-bond donors (Lipinski definition) is 1. The molecule has 218 valence electrons. The third-order valence-electron chi connectivity index (χ3n) is 7.12. The molecular formula is C32H37NO8. The number of ether oxygens (including phenoxy) is 5. The molecule has 0 fully saturated rings. The predicted molar refractivity (Wildman–Crippen MR) is 152 cm³/mol. The Labute approximate surface area is 240 Å². The summed E-state index contributed by atoms with van der Waals surface area (Å²) in [5.74, 6) is -0.0273. The summed E-state index contributed by atoms with van der Waals surface area (Å²) in [4.78, 5) is 39.1. The maximum Gasteiger partial charge on any atom is 0.337 e. The van der Waals surface area contributed by atoms with Gasteiger partial charge in [-0.25, -0.2) is 4.79 Å². The zero-order valence-electron chi connectivity index (χ0n) is 24.6. The van der Waals surface area contributed by atoms with Gasteiger partial charge in [0.15, 0.2) is 28.8 Å². The van der Waals surface area contributed by atoms with E-state index in [0.29, 0.717) is 52.7 Å². The van der Waals surface area contributed by atoms with E-state index >= 15 is 0 Å². The van der Waals surface area contributed by atoms with Crippen LogP contribution in [0.4, 0.5) is 0 Å². The molecule has 2 aliphatic rings. The lowest BCUT2D eigenvalue weighted by atomic mass is 9.71. The molecule has 9 nitrogen and oxygen atoms in total. The van der Waals surface area contributed by atoms with Crippen LogP contribution in [-0.2, 0) is 19.1 Å².